The fourth-order valence-electron chi connectivity index (χ4n) is 3.58. The minimum atomic E-state index is 0. The van der Waals surface area contributed by atoms with Gasteiger partial charge in [0.25, 0.3) is 0 Å². The van der Waals surface area contributed by atoms with E-state index < -0.39 is 0 Å². The fourth-order valence-corrected chi connectivity index (χ4v) is 3.58. The Morgan fingerprint density at radius 2 is 1.45 bits per heavy atom. The smallest absolute Gasteiger partial charge is 0.164 e. The molecule has 0 N–H and O–H groups in total. The first-order chi connectivity index (χ1) is 13.3. The highest BCUT2D eigenvalue weighted by atomic mass is 35.5. The molecule has 4 nitrogen and oxygen atoms in total. The van der Waals surface area contributed by atoms with Crippen LogP contribution in [0.15, 0.2) is 60.7 Å². The van der Waals surface area contributed by atoms with Crippen LogP contribution < -0.4 is 0 Å². The number of hydrogen-bond acceptors (Lipinski definition) is 4. The number of piperazine rings is 1. The number of nitrogens with zero attached hydrogens (tertiary/aromatic N) is 2. The second-order valence-electron chi connectivity index (χ2n) is 7.04. The minimum Gasteiger partial charge on any atom is -0.372 e. The Morgan fingerprint density at radius 3 is 2.03 bits per heavy atom. The van der Waals surface area contributed by atoms with E-state index in [0.29, 0.717) is 6.42 Å². The number of halogens is 2. The van der Waals surface area contributed by atoms with Crippen molar-refractivity contribution in [1.29, 1.82) is 0 Å². The number of carbonyl (C=O) groups is 1. The highest BCUT2D eigenvalue weighted by Crippen LogP contribution is 2.19. The molecule has 6 heteroatoms. The van der Waals surface area contributed by atoms with Gasteiger partial charge in [-0.3, -0.25) is 9.69 Å². The van der Waals surface area contributed by atoms with Crippen LogP contribution in [0.5, 0.6) is 0 Å². The van der Waals surface area contributed by atoms with Gasteiger partial charge in [-0.15, -0.1) is 24.8 Å². The van der Waals surface area contributed by atoms with Gasteiger partial charge < -0.3 is 9.64 Å². The van der Waals surface area contributed by atoms with Crippen LogP contribution in [-0.4, -0.2) is 61.5 Å². The summed E-state index contributed by atoms with van der Waals surface area (Å²) in [5.41, 5.74) is 2.06. The number of benzene rings is 2. The first-order valence-electron chi connectivity index (χ1n) is 9.95. The molecule has 2 aromatic carbocycles. The first-order valence-corrected chi connectivity index (χ1v) is 9.95. The molecule has 0 aliphatic carbocycles. The van der Waals surface area contributed by atoms with Crippen molar-refractivity contribution < 1.29 is 9.53 Å². The number of rotatable bonds is 9. The summed E-state index contributed by atoms with van der Waals surface area (Å²) >= 11 is 0. The maximum Gasteiger partial charge on any atom is 0.164 e. The summed E-state index contributed by atoms with van der Waals surface area (Å²) in [5, 5.41) is 0. The Hall–Kier alpha value is -1.43. The molecule has 1 aliphatic rings. The monoisotopic (exact) mass is 438 g/mol. The van der Waals surface area contributed by atoms with Gasteiger partial charge in [-0.25, -0.2) is 0 Å². The molecule has 0 saturated carbocycles. The molecule has 2 aromatic rings. The SMILES string of the molecule is CCOC(CN1CCN(CCC(=O)c2ccccc2)CC1)c1ccccc1.Cl.Cl. The second-order valence-corrected chi connectivity index (χ2v) is 7.04. The van der Waals surface area contributed by atoms with Gasteiger partial charge in [-0.2, -0.15) is 0 Å². The average molecular weight is 439 g/mol. The number of carbonyl (C=O) groups excluding carboxylic acids is 1. The van der Waals surface area contributed by atoms with E-state index in [-0.39, 0.29) is 36.7 Å². The molecule has 1 atom stereocenters. The normalized spacial score (nSPS) is 15.8. The van der Waals surface area contributed by atoms with Gasteiger partial charge in [-0.1, -0.05) is 60.7 Å². The molecule has 0 radical (unpaired) electrons. The third-order valence-electron chi connectivity index (χ3n) is 5.18. The largest absolute Gasteiger partial charge is 0.372 e. The molecule has 0 aromatic heterocycles. The first kappa shape index (κ1) is 25.6. The molecule has 1 heterocycles. The zero-order valence-corrected chi connectivity index (χ0v) is 18.7. The molecular formula is C23H32Cl2N2O2. The summed E-state index contributed by atoms with van der Waals surface area (Å²) in [4.78, 5) is 17.1. The van der Waals surface area contributed by atoms with E-state index in [4.69, 9.17) is 4.74 Å². The van der Waals surface area contributed by atoms with Crippen LogP contribution in [0.2, 0.25) is 0 Å². The molecule has 0 bridgehead atoms. The predicted octanol–water partition coefficient (Wildman–Crippen LogP) is 4.50. The quantitative estimate of drug-likeness (QED) is 0.539. The van der Waals surface area contributed by atoms with Gasteiger partial charge in [0.15, 0.2) is 5.78 Å². The van der Waals surface area contributed by atoms with Gasteiger partial charge in [-0.05, 0) is 12.5 Å². The van der Waals surface area contributed by atoms with E-state index in [1.807, 2.05) is 36.4 Å². The molecule has 3 rings (SSSR count). The van der Waals surface area contributed by atoms with Gasteiger partial charge in [0, 0.05) is 57.9 Å². The Labute approximate surface area is 187 Å². The van der Waals surface area contributed by atoms with Crippen molar-refractivity contribution in [3.8, 4) is 0 Å². The number of ether oxygens (including phenoxy) is 1. The standard InChI is InChI=1S/C23H30N2O2.2ClH/c1-2-27-23(21-11-7-4-8-12-21)19-25-17-15-24(16-18-25)14-13-22(26)20-9-5-3-6-10-20;;/h3-12,23H,2,13-19H2,1H3;2*1H. The maximum absolute atomic E-state index is 12.3. The van der Waals surface area contributed by atoms with Crippen molar-refractivity contribution in [2.45, 2.75) is 19.4 Å². The van der Waals surface area contributed by atoms with Crippen molar-refractivity contribution in [3.63, 3.8) is 0 Å². The zero-order valence-electron chi connectivity index (χ0n) is 17.0. The highest BCUT2D eigenvalue weighted by molar-refractivity contribution is 5.96. The van der Waals surface area contributed by atoms with Gasteiger partial charge in [0.2, 0.25) is 0 Å². The molecule has 1 saturated heterocycles. The maximum atomic E-state index is 12.3. The van der Waals surface area contributed by atoms with Crippen molar-refractivity contribution in [2.75, 3.05) is 45.9 Å². The van der Waals surface area contributed by atoms with E-state index in [1.165, 1.54) is 5.56 Å². The van der Waals surface area contributed by atoms with Crippen molar-refractivity contribution in [1.82, 2.24) is 9.80 Å². The molecule has 1 unspecified atom stereocenters. The summed E-state index contributed by atoms with van der Waals surface area (Å²) in [6, 6.07) is 20.1. The van der Waals surface area contributed by atoms with E-state index in [9.17, 15) is 4.79 Å². The van der Waals surface area contributed by atoms with E-state index >= 15 is 0 Å². The average Bonchev–Trinajstić information content (AvgIpc) is 2.74. The topological polar surface area (TPSA) is 32.8 Å². The third-order valence-corrected chi connectivity index (χ3v) is 5.18. The summed E-state index contributed by atoms with van der Waals surface area (Å²) < 4.78 is 5.99. The fraction of sp³-hybridized carbons (Fsp3) is 0.435. The Balaban J connectivity index is 0.00000210. The minimum absolute atomic E-state index is 0. The molecule has 0 amide bonds. The third kappa shape index (κ3) is 8.07. The number of hydrogen-bond donors (Lipinski definition) is 0. The summed E-state index contributed by atoms with van der Waals surface area (Å²) in [6.07, 6.45) is 0.720. The lowest BCUT2D eigenvalue weighted by Crippen LogP contribution is -2.48. The summed E-state index contributed by atoms with van der Waals surface area (Å²) in [6.45, 7) is 8.61. The van der Waals surface area contributed by atoms with Crippen molar-refractivity contribution >= 4 is 30.6 Å². The van der Waals surface area contributed by atoms with E-state index in [0.717, 1.165) is 51.4 Å². The van der Waals surface area contributed by atoms with Crippen LogP contribution in [0.25, 0.3) is 0 Å². The van der Waals surface area contributed by atoms with Crippen LogP contribution in [0.3, 0.4) is 0 Å². The second kappa shape index (κ2) is 13.7. The van der Waals surface area contributed by atoms with Crippen LogP contribution in [0.4, 0.5) is 0 Å². The lowest BCUT2D eigenvalue weighted by molar-refractivity contribution is 0.0183. The molecule has 160 valence electrons. The molecule has 0 spiro atoms. The van der Waals surface area contributed by atoms with Crippen LogP contribution in [-0.2, 0) is 4.74 Å². The van der Waals surface area contributed by atoms with E-state index in [1.54, 1.807) is 0 Å². The van der Waals surface area contributed by atoms with Crippen LogP contribution in [0, 0.1) is 0 Å². The van der Waals surface area contributed by atoms with Crippen LogP contribution in [0.1, 0.15) is 35.4 Å². The Kier molecular flexibility index (Phi) is 12.1. The molecule has 1 fully saturated rings. The lowest BCUT2D eigenvalue weighted by Gasteiger charge is -2.36. The molecular weight excluding hydrogens is 407 g/mol. The highest BCUT2D eigenvalue weighted by Gasteiger charge is 2.21. The Bertz CT molecular complexity index is 693. The van der Waals surface area contributed by atoms with Gasteiger partial charge in [0.1, 0.15) is 0 Å². The predicted molar refractivity (Wildman–Crippen MR) is 124 cm³/mol. The lowest BCUT2D eigenvalue weighted by atomic mass is 10.1. The number of ketones is 1. The van der Waals surface area contributed by atoms with Crippen molar-refractivity contribution in [3.05, 3.63) is 71.8 Å². The van der Waals surface area contributed by atoms with Crippen LogP contribution >= 0.6 is 24.8 Å². The molecule has 1 aliphatic heterocycles. The van der Waals surface area contributed by atoms with Gasteiger partial charge >= 0.3 is 0 Å². The number of Topliss-reactive ketones (excluding diaryl/α,β-unsaturated/α-hetero) is 1. The summed E-state index contributed by atoms with van der Waals surface area (Å²) in [7, 11) is 0. The van der Waals surface area contributed by atoms with Gasteiger partial charge in [0.05, 0.1) is 6.10 Å². The summed E-state index contributed by atoms with van der Waals surface area (Å²) in [5.74, 6) is 0.235. The Morgan fingerprint density at radius 1 is 0.897 bits per heavy atom. The van der Waals surface area contributed by atoms with Crippen molar-refractivity contribution in [2.24, 2.45) is 0 Å². The molecule has 29 heavy (non-hydrogen) atoms. The van der Waals surface area contributed by atoms with E-state index in [2.05, 4.69) is 41.0 Å². The zero-order chi connectivity index (χ0) is 18.9.